The maximum atomic E-state index is 12.4. The van der Waals surface area contributed by atoms with E-state index in [1.807, 2.05) is 0 Å². The number of ether oxygens (including phenoxy) is 1. The highest BCUT2D eigenvalue weighted by atomic mass is 35.5. The number of benzene rings is 1. The average molecular weight is 370 g/mol. The maximum Gasteiger partial charge on any atom is 0.491 e. The average Bonchev–Trinajstić information content (AvgIpc) is 3.06. The van der Waals surface area contributed by atoms with Gasteiger partial charge in [0.05, 0.1) is 11.1 Å². The Morgan fingerprint density at radius 1 is 1.16 bits per heavy atom. The third kappa shape index (κ3) is 3.77. The Bertz CT molecular complexity index is 913. The first kappa shape index (κ1) is 16.9. The Morgan fingerprint density at radius 2 is 1.92 bits per heavy atom. The first-order valence-electron chi connectivity index (χ1n) is 6.67. The standard InChI is InChI=1S/C15H7ClF3N3O3/c16-9-3-4-11(24-14(23)15(17,18)19)10(6-9)13-22-21-12(25-13)8-2-1-5-20-7-8/h1-7H. The van der Waals surface area contributed by atoms with Gasteiger partial charge >= 0.3 is 12.1 Å². The fourth-order valence-corrected chi connectivity index (χ4v) is 2.03. The Balaban J connectivity index is 1.98. The topological polar surface area (TPSA) is 78.1 Å². The van der Waals surface area contributed by atoms with Gasteiger partial charge in [-0.25, -0.2) is 4.79 Å². The van der Waals surface area contributed by atoms with E-state index in [9.17, 15) is 18.0 Å². The smallest absolute Gasteiger partial charge is 0.419 e. The van der Waals surface area contributed by atoms with Gasteiger partial charge < -0.3 is 9.15 Å². The summed E-state index contributed by atoms with van der Waals surface area (Å²) in [5.41, 5.74) is 0.463. The second-order valence-electron chi connectivity index (χ2n) is 4.68. The van der Waals surface area contributed by atoms with Crippen molar-refractivity contribution in [2.24, 2.45) is 0 Å². The molecule has 0 N–H and O–H groups in total. The summed E-state index contributed by atoms with van der Waals surface area (Å²) < 4.78 is 47.0. The van der Waals surface area contributed by atoms with E-state index in [1.54, 1.807) is 18.3 Å². The molecule has 0 unspecified atom stereocenters. The Morgan fingerprint density at radius 3 is 2.60 bits per heavy atom. The molecule has 0 fully saturated rings. The highest BCUT2D eigenvalue weighted by molar-refractivity contribution is 6.30. The lowest BCUT2D eigenvalue weighted by Gasteiger charge is -2.09. The molecule has 0 atom stereocenters. The zero-order valence-corrected chi connectivity index (χ0v) is 12.9. The number of halogens is 4. The first-order valence-corrected chi connectivity index (χ1v) is 7.05. The summed E-state index contributed by atoms with van der Waals surface area (Å²) in [6.45, 7) is 0. The number of pyridine rings is 1. The number of carbonyl (C=O) groups is 1. The predicted octanol–water partition coefficient (Wildman–Crippen LogP) is 3.92. The van der Waals surface area contributed by atoms with E-state index in [1.165, 1.54) is 18.3 Å². The van der Waals surface area contributed by atoms with E-state index in [4.69, 9.17) is 16.0 Å². The van der Waals surface area contributed by atoms with Gasteiger partial charge in [0.1, 0.15) is 5.75 Å². The van der Waals surface area contributed by atoms with Crippen molar-refractivity contribution >= 4 is 17.6 Å². The third-order valence-corrected chi connectivity index (χ3v) is 3.17. The summed E-state index contributed by atoms with van der Waals surface area (Å²) in [5, 5.41) is 7.74. The van der Waals surface area contributed by atoms with Crippen LogP contribution >= 0.6 is 11.6 Å². The van der Waals surface area contributed by atoms with Gasteiger partial charge in [-0.3, -0.25) is 4.98 Å². The molecule has 3 aromatic rings. The number of nitrogens with zero attached hydrogens (tertiary/aromatic N) is 3. The van der Waals surface area contributed by atoms with E-state index >= 15 is 0 Å². The van der Waals surface area contributed by atoms with Crippen molar-refractivity contribution in [1.82, 2.24) is 15.2 Å². The molecule has 25 heavy (non-hydrogen) atoms. The largest absolute Gasteiger partial charge is 0.491 e. The molecular formula is C15H7ClF3N3O3. The molecule has 0 aliphatic rings. The van der Waals surface area contributed by atoms with Gasteiger partial charge in [-0.2, -0.15) is 13.2 Å². The van der Waals surface area contributed by atoms with Crippen molar-refractivity contribution in [3.63, 3.8) is 0 Å². The second kappa shape index (κ2) is 6.52. The summed E-state index contributed by atoms with van der Waals surface area (Å²) in [4.78, 5) is 15.0. The van der Waals surface area contributed by atoms with E-state index in [0.29, 0.717) is 5.56 Å². The van der Waals surface area contributed by atoms with Crippen LogP contribution in [0.25, 0.3) is 22.9 Å². The molecule has 3 rings (SSSR count). The highest BCUT2D eigenvalue weighted by Crippen LogP contribution is 2.34. The van der Waals surface area contributed by atoms with Gasteiger partial charge in [-0.1, -0.05) is 11.6 Å². The van der Waals surface area contributed by atoms with E-state index in [-0.39, 0.29) is 22.4 Å². The number of hydrogen-bond acceptors (Lipinski definition) is 6. The zero-order valence-electron chi connectivity index (χ0n) is 12.1. The maximum absolute atomic E-state index is 12.4. The van der Waals surface area contributed by atoms with Crippen molar-refractivity contribution in [2.75, 3.05) is 0 Å². The minimum absolute atomic E-state index is 0.0484. The van der Waals surface area contributed by atoms with Gasteiger partial charge in [0.25, 0.3) is 5.89 Å². The third-order valence-electron chi connectivity index (χ3n) is 2.94. The number of aromatic nitrogens is 3. The molecular weight excluding hydrogens is 363 g/mol. The fourth-order valence-electron chi connectivity index (χ4n) is 1.85. The van der Waals surface area contributed by atoms with Crippen LogP contribution in [0.3, 0.4) is 0 Å². The molecule has 0 spiro atoms. The van der Waals surface area contributed by atoms with Gasteiger partial charge in [0, 0.05) is 17.4 Å². The number of esters is 1. The Labute approximate surface area is 143 Å². The van der Waals surface area contributed by atoms with E-state index < -0.39 is 17.9 Å². The number of carbonyl (C=O) groups excluding carboxylic acids is 1. The SMILES string of the molecule is O=C(Oc1ccc(Cl)cc1-c1nnc(-c2cccnc2)o1)C(F)(F)F. The summed E-state index contributed by atoms with van der Waals surface area (Å²) in [6.07, 6.45) is -2.13. The number of rotatable bonds is 3. The van der Waals surface area contributed by atoms with Crippen molar-refractivity contribution < 1.29 is 27.1 Å². The van der Waals surface area contributed by atoms with E-state index in [0.717, 1.165) is 6.07 Å². The number of alkyl halides is 3. The van der Waals surface area contributed by atoms with Gasteiger partial charge in [0.15, 0.2) is 0 Å². The van der Waals surface area contributed by atoms with Crippen molar-refractivity contribution in [3.8, 4) is 28.7 Å². The summed E-state index contributed by atoms with van der Waals surface area (Å²) >= 11 is 5.85. The normalized spacial score (nSPS) is 11.4. The molecule has 0 aliphatic carbocycles. The van der Waals surface area contributed by atoms with Crippen LogP contribution in [-0.2, 0) is 4.79 Å². The van der Waals surface area contributed by atoms with Crippen LogP contribution < -0.4 is 4.74 Å². The minimum Gasteiger partial charge on any atom is -0.419 e. The molecule has 0 saturated carbocycles. The lowest BCUT2D eigenvalue weighted by atomic mass is 10.2. The van der Waals surface area contributed by atoms with Crippen LogP contribution in [0.5, 0.6) is 5.75 Å². The van der Waals surface area contributed by atoms with Crippen LogP contribution in [-0.4, -0.2) is 27.3 Å². The Hall–Kier alpha value is -2.94. The molecule has 128 valence electrons. The first-order chi connectivity index (χ1) is 11.8. The molecule has 2 aromatic heterocycles. The summed E-state index contributed by atoms with van der Waals surface area (Å²) in [6, 6.07) is 6.93. The molecule has 6 nitrogen and oxygen atoms in total. The lowest BCUT2D eigenvalue weighted by Crippen LogP contribution is -2.28. The van der Waals surface area contributed by atoms with Crippen LogP contribution in [0, 0.1) is 0 Å². The molecule has 0 bridgehead atoms. The molecule has 0 saturated heterocycles. The van der Waals surface area contributed by atoms with Gasteiger partial charge in [0.2, 0.25) is 5.89 Å². The second-order valence-corrected chi connectivity index (χ2v) is 5.12. The van der Waals surface area contributed by atoms with Gasteiger partial charge in [-0.05, 0) is 30.3 Å². The summed E-state index contributed by atoms with van der Waals surface area (Å²) in [5.74, 6) is -2.85. The molecule has 0 radical (unpaired) electrons. The zero-order chi connectivity index (χ0) is 18.0. The van der Waals surface area contributed by atoms with E-state index in [2.05, 4.69) is 19.9 Å². The van der Waals surface area contributed by atoms with Gasteiger partial charge in [-0.15, -0.1) is 10.2 Å². The summed E-state index contributed by atoms with van der Waals surface area (Å²) in [7, 11) is 0. The van der Waals surface area contributed by atoms with Crippen LogP contribution in [0.1, 0.15) is 0 Å². The Kier molecular flexibility index (Phi) is 4.41. The highest BCUT2D eigenvalue weighted by Gasteiger charge is 2.41. The molecule has 0 amide bonds. The predicted molar refractivity (Wildman–Crippen MR) is 79.7 cm³/mol. The quantitative estimate of drug-likeness (QED) is 0.514. The van der Waals surface area contributed by atoms with Crippen molar-refractivity contribution in [1.29, 1.82) is 0 Å². The monoisotopic (exact) mass is 369 g/mol. The molecule has 2 heterocycles. The molecule has 10 heteroatoms. The number of hydrogen-bond donors (Lipinski definition) is 0. The van der Waals surface area contributed by atoms with Crippen LogP contribution in [0.4, 0.5) is 13.2 Å². The molecule has 0 aliphatic heterocycles. The van der Waals surface area contributed by atoms with Crippen LogP contribution in [0.15, 0.2) is 47.1 Å². The van der Waals surface area contributed by atoms with Crippen LogP contribution in [0.2, 0.25) is 5.02 Å². The van der Waals surface area contributed by atoms with Crippen molar-refractivity contribution in [2.45, 2.75) is 6.18 Å². The van der Waals surface area contributed by atoms with Crippen molar-refractivity contribution in [3.05, 3.63) is 47.7 Å². The molecule has 1 aromatic carbocycles. The minimum atomic E-state index is -5.15. The fraction of sp³-hybridized carbons (Fsp3) is 0.0667. The lowest BCUT2D eigenvalue weighted by molar-refractivity contribution is -0.189.